The molecule has 0 radical (unpaired) electrons. The van der Waals surface area contributed by atoms with E-state index in [0.29, 0.717) is 22.0 Å². The summed E-state index contributed by atoms with van der Waals surface area (Å²) >= 11 is 12.2. The van der Waals surface area contributed by atoms with Crippen molar-refractivity contribution in [1.29, 1.82) is 0 Å². The van der Waals surface area contributed by atoms with E-state index in [-0.39, 0.29) is 10.9 Å². The van der Waals surface area contributed by atoms with Crippen LogP contribution >= 0.6 is 23.2 Å². The van der Waals surface area contributed by atoms with Gasteiger partial charge in [0.15, 0.2) is 0 Å². The molecule has 5 amide bonds. The largest absolute Gasteiger partial charge is 0.325 e. The molecule has 10 heteroatoms. The number of amides is 5. The van der Waals surface area contributed by atoms with E-state index in [0.717, 1.165) is 4.90 Å². The van der Waals surface area contributed by atoms with Gasteiger partial charge in [-0.1, -0.05) is 41.4 Å². The number of para-hydroxylation sites is 2. The zero-order valence-corrected chi connectivity index (χ0v) is 19.0. The van der Waals surface area contributed by atoms with Gasteiger partial charge in [0.2, 0.25) is 11.8 Å². The average molecular weight is 475 g/mol. The molecular formula is C22H20Cl2N4O4. The first kappa shape index (κ1) is 22.1. The van der Waals surface area contributed by atoms with Gasteiger partial charge in [0.1, 0.15) is 17.6 Å². The number of nitrogens with one attached hydrogen (secondary N) is 2. The lowest BCUT2D eigenvalue weighted by atomic mass is 9.92. The molecule has 0 saturated carbocycles. The molecule has 2 aliphatic heterocycles. The third-order valence-electron chi connectivity index (χ3n) is 5.80. The number of carbonyl (C=O) groups is 4. The summed E-state index contributed by atoms with van der Waals surface area (Å²) in [6.07, 6.45) is 0. The van der Waals surface area contributed by atoms with Crippen LogP contribution in [-0.2, 0) is 19.9 Å². The standard InChI is InChI=1S/C22H20Cl2N4O4/c1-21(2)18(30)25-15-6-4-5-7-16(15)28(21)17(29)11-27-19(31)22(3,26-20(27)32)13-9-8-12(23)10-14(13)24/h4-10H,11H2,1-3H3,(H,25,30)(H,26,32). The monoisotopic (exact) mass is 474 g/mol. The maximum atomic E-state index is 13.4. The Bertz CT molecular complexity index is 1180. The lowest BCUT2D eigenvalue weighted by molar-refractivity contribution is -0.134. The Morgan fingerprint density at radius 2 is 1.72 bits per heavy atom. The molecule has 0 aliphatic carbocycles. The van der Waals surface area contributed by atoms with E-state index in [1.54, 1.807) is 50.2 Å². The predicted molar refractivity (Wildman–Crippen MR) is 121 cm³/mol. The molecule has 166 valence electrons. The summed E-state index contributed by atoms with van der Waals surface area (Å²) in [5.41, 5.74) is -1.38. The third kappa shape index (κ3) is 3.30. The molecule has 2 N–H and O–H groups in total. The van der Waals surface area contributed by atoms with Crippen LogP contribution in [0.25, 0.3) is 0 Å². The highest BCUT2D eigenvalue weighted by Gasteiger charge is 2.52. The molecule has 2 aliphatic rings. The number of hydrogen-bond donors (Lipinski definition) is 2. The molecule has 32 heavy (non-hydrogen) atoms. The van der Waals surface area contributed by atoms with Gasteiger partial charge in [0, 0.05) is 15.6 Å². The second kappa shape index (κ2) is 7.50. The number of rotatable bonds is 3. The van der Waals surface area contributed by atoms with Crippen molar-refractivity contribution in [2.75, 3.05) is 16.8 Å². The van der Waals surface area contributed by atoms with Crippen molar-refractivity contribution < 1.29 is 19.2 Å². The van der Waals surface area contributed by atoms with E-state index in [1.165, 1.54) is 17.9 Å². The Hall–Kier alpha value is -3.10. The zero-order chi connectivity index (χ0) is 23.4. The van der Waals surface area contributed by atoms with Gasteiger partial charge < -0.3 is 10.6 Å². The highest BCUT2D eigenvalue weighted by atomic mass is 35.5. The van der Waals surface area contributed by atoms with Crippen molar-refractivity contribution in [1.82, 2.24) is 10.2 Å². The van der Waals surface area contributed by atoms with E-state index in [1.807, 2.05) is 0 Å². The number of urea groups is 1. The van der Waals surface area contributed by atoms with Gasteiger partial charge in [-0.05, 0) is 45.0 Å². The highest BCUT2D eigenvalue weighted by molar-refractivity contribution is 6.35. The van der Waals surface area contributed by atoms with E-state index in [4.69, 9.17) is 23.2 Å². The predicted octanol–water partition coefficient (Wildman–Crippen LogP) is 3.52. The van der Waals surface area contributed by atoms with E-state index in [9.17, 15) is 19.2 Å². The lowest BCUT2D eigenvalue weighted by Crippen LogP contribution is -2.60. The Morgan fingerprint density at radius 3 is 2.41 bits per heavy atom. The normalized spacial score (nSPS) is 21.8. The number of nitrogens with zero attached hydrogens (tertiary/aromatic N) is 2. The second-order valence-corrected chi connectivity index (χ2v) is 9.17. The molecular weight excluding hydrogens is 455 g/mol. The fourth-order valence-corrected chi connectivity index (χ4v) is 4.62. The summed E-state index contributed by atoms with van der Waals surface area (Å²) in [5.74, 6) is -1.58. The number of hydrogen-bond acceptors (Lipinski definition) is 4. The number of carbonyl (C=O) groups excluding carboxylic acids is 4. The Morgan fingerprint density at radius 1 is 1.03 bits per heavy atom. The van der Waals surface area contributed by atoms with Crippen LogP contribution in [0.1, 0.15) is 26.3 Å². The van der Waals surface area contributed by atoms with E-state index >= 15 is 0 Å². The maximum Gasteiger partial charge on any atom is 0.325 e. The fraction of sp³-hybridized carbons (Fsp3) is 0.273. The molecule has 2 aromatic rings. The van der Waals surface area contributed by atoms with Gasteiger partial charge in [-0.15, -0.1) is 0 Å². The van der Waals surface area contributed by atoms with E-state index < -0.39 is 35.5 Å². The lowest BCUT2D eigenvalue weighted by Gasteiger charge is -2.42. The molecule has 1 fully saturated rings. The molecule has 2 heterocycles. The molecule has 0 bridgehead atoms. The fourth-order valence-electron chi connectivity index (χ4n) is 4.02. The first-order valence-corrected chi connectivity index (χ1v) is 10.6. The average Bonchev–Trinajstić information content (AvgIpc) is 2.92. The second-order valence-electron chi connectivity index (χ2n) is 8.33. The molecule has 1 unspecified atom stereocenters. The van der Waals surface area contributed by atoms with Crippen molar-refractivity contribution in [3.05, 3.63) is 58.1 Å². The molecule has 1 atom stereocenters. The molecule has 2 aromatic carbocycles. The van der Waals surface area contributed by atoms with E-state index in [2.05, 4.69) is 10.6 Å². The van der Waals surface area contributed by atoms with Crippen LogP contribution in [0.2, 0.25) is 10.0 Å². The summed E-state index contributed by atoms with van der Waals surface area (Å²) < 4.78 is 0. The smallest absolute Gasteiger partial charge is 0.322 e. The Labute approximate surface area is 194 Å². The van der Waals surface area contributed by atoms with Gasteiger partial charge in [-0.25, -0.2) is 4.79 Å². The van der Waals surface area contributed by atoms with Crippen LogP contribution in [0.4, 0.5) is 16.2 Å². The zero-order valence-electron chi connectivity index (χ0n) is 17.5. The third-order valence-corrected chi connectivity index (χ3v) is 6.34. The van der Waals surface area contributed by atoms with Gasteiger partial charge in [0.05, 0.1) is 11.4 Å². The van der Waals surface area contributed by atoms with Crippen molar-refractivity contribution in [3.63, 3.8) is 0 Å². The van der Waals surface area contributed by atoms with Crippen molar-refractivity contribution in [2.24, 2.45) is 0 Å². The quantitative estimate of drug-likeness (QED) is 0.664. The first-order valence-electron chi connectivity index (χ1n) is 9.80. The van der Waals surface area contributed by atoms with Crippen LogP contribution in [0.3, 0.4) is 0 Å². The molecule has 8 nitrogen and oxygen atoms in total. The number of halogens is 2. The van der Waals surface area contributed by atoms with Gasteiger partial charge in [0.25, 0.3) is 5.91 Å². The number of fused-ring (bicyclic) bond motifs is 1. The Kier molecular flexibility index (Phi) is 5.18. The molecule has 1 saturated heterocycles. The first-order chi connectivity index (χ1) is 15.0. The van der Waals surface area contributed by atoms with Crippen LogP contribution in [-0.4, -0.2) is 40.7 Å². The van der Waals surface area contributed by atoms with Gasteiger partial charge in [-0.2, -0.15) is 0 Å². The topological polar surface area (TPSA) is 98.8 Å². The van der Waals surface area contributed by atoms with Gasteiger partial charge in [-0.3, -0.25) is 24.2 Å². The van der Waals surface area contributed by atoms with Crippen LogP contribution in [0.5, 0.6) is 0 Å². The highest BCUT2D eigenvalue weighted by Crippen LogP contribution is 2.38. The molecule has 0 aromatic heterocycles. The van der Waals surface area contributed by atoms with Crippen LogP contribution in [0.15, 0.2) is 42.5 Å². The summed E-state index contributed by atoms with van der Waals surface area (Å²) in [6.45, 7) is 4.16. The van der Waals surface area contributed by atoms with Gasteiger partial charge >= 0.3 is 6.03 Å². The summed E-state index contributed by atoms with van der Waals surface area (Å²) in [4.78, 5) is 54.1. The summed E-state index contributed by atoms with van der Waals surface area (Å²) in [5, 5.41) is 5.99. The van der Waals surface area contributed by atoms with Crippen molar-refractivity contribution >= 4 is 58.3 Å². The van der Waals surface area contributed by atoms with Crippen LogP contribution in [0, 0.1) is 0 Å². The Balaban J connectivity index is 1.66. The SMILES string of the molecule is CC1(c2ccc(Cl)cc2Cl)NC(=O)N(CC(=O)N2c3ccccc3NC(=O)C2(C)C)C1=O. The summed E-state index contributed by atoms with van der Waals surface area (Å²) in [7, 11) is 0. The molecule has 0 spiro atoms. The molecule has 4 rings (SSSR count). The summed E-state index contributed by atoms with van der Waals surface area (Å²) in [6, 6.07) is 10.7. The maximum absolute atomic E-state index is 13.4. The minimum Gasteiger partial charge on any atom is -0.322 e. The van der Waals surface area contributed by atoms with Crippen molar-refractivity contribution in [3.8, 4) is 0 Å². The number of benzene rings is 2. The minimum absolute atomic E-state index is 0.213. The van der Waals surface area contributed by atoms with Crippen LogP contribution < -0.4 is 15.5 Å². The number of anilines is 2. The number of imide groups is 1. The van der Waals surface area contributed by atoms with Crippen molar-refractivity contribution in [2.45, 2.75) is 31.8 Å². The minimum atomic E-state index is -1.47.